The lowest BCUT2D eigenvalue weighted by atomic mass is 9.93. The number of nitrogens with two attached hydrogens (primary N) is 1. The van der Waals surface area contributed by atoms with E-state index in [4.69, 9.17) is 17.3 Å². The number of aromatic nitrogens is 1. The van der Waals surface area contributed by atoms with Gasteiger partial charge < -0.3 is 10.6 Å². The predicted octanol–water partition coefficient (Wildman–Crippen LogP) is 3.50. The third-order valence-corrected chi connectivity index (χ3v) is 6.76. The Morgan fingerprint density at radius 2 is 2.00 bits per heavy atom. The maximum absolute atomic E-state index is 13.3. The molecule has 1 saturated heterocycles. The number of halogens is 1. The molecule has 2 heterocycles. The third kappa shape index (κ3) is 2.91. The van der Waals surface area contributed by atoms with Crippen molar-refractivity contribution >= 4 is 34.8 Å². The van der Waals surface area contributed by atoms with Gasteiger partial charge >= 0.3 is 0 Å². The second kappa shape index (κ2) is 6.67. The lowest BCUT2D eigenvalue weighted by Gasteiger charge is -2.25. The van der Waals surface area contributed by atoms with Crippen LogP contribution in [-0.4, -0.2) is 34.3 Å². The van der Waals surface area contributed by atoms with Crippen molar-refractivity contribution in [1.29, 1.82) is 0 Å². The Hall–Kier alpha value is -1.92. The van der Waals surface area contributed by atoms with Gasteiger partial charge in [-0.1, -0.05) is 30.2 Å². The second-order valence-corrected chi connectivity index (χ2v) is 8.72. The molecule has 2 fully saturated rings. The van der Waals surface area contributed by atoms with Crippen LogP contribution in [0.4, 0.5) is 0 Å². The van der Waals surface area contributed by atoms with Crippen molar-refractivity contribution in [2.45, 2.75) is 32.2 Å². The largest absolute Gasteiger partial charge is 0.368 e. The number of nitrogens with zero attached hydrogens (tertiary/aromatic N) is 2. The smallest absolute Gasteiger partial charge is 0.274 e. The van der Waals surface area contributed by atoms with E-state index in [0.29, 0.717) is 23.2 Å². The predicted molar refractivity (Wildman–Crippen MR) is 102 cm³/mol. The van der Waals surface area contributed by atoms with Crippen molar-refractivity contribution in [1.82, 2.24) is 9.88 Å². The second-order valence-electron chi connectivity index (χ2n) is 7.08. The fourth-order valence-corrected chi connectivity index (χ4v) is 5.43. The van der Waals surface area contributed by atoms with Gasteiger partial charge in [0.1, 0.15) is 11.7 Å². The fraction of sp³-hybridized carbons (Fsp3) is 0.421. The Morgan fingerprint density at radius 3 is 2.69 bits per heavy atom. The van der Waals surface area contributed by atoms with Gasteiger partial charge in [0.15, 0.2) is 0 Å². The minimum Gasteiger partial charge on any atom is -0.368 e. The lowest BCUT2D eigenvalue weighted by Crippen LogP contribution is -2.46. The summed E-state index contributed by atoms with van der Waals surface area (Å²) in [4.78, 5) is 32.3. The van der Waals surface area contributed by atoms with Crippen LogP contribution in [0, 0.1) is 18.8 Å². The summed E-state index contributed by atoms with van der Waals surface area (Å²) in [6.07, 6.45) is 3.12. The summed E-state index contributed by atoms with van der Waals surface area (Å²) in [5.41, 5.74) is 6.97. The summed E-state index contributed by atoms with van der Waals surface area (Å²) in [5, 5.41) is 1.46. The van der Waals surface area contributed by atoms with Crippen LogP contribution in [0.5, 0.6) is 0 Å². The van der Waals surface area contributed by atoms with Gasteiger partial charge in [0.05, 0.1) is 9.88 Å². The van der Waals surface area contributed by atoms with Gasteiger partial charge in [-0.3, -0.25) is 9.59 Å². The first kappa shape index (κ1) is 17.5. The molecule has 0 radical (unpaired) electrons. The molecular weight excluding hydrogens is 370 g/mol. The van der Waals surface area contributed by atoms with E-state index in [-0.39, 0.29) is 11.8 Å². The number of fused-ring (bicyclic) bond motifs is 1. The van der Waals surface area contributed by atoms with Crippen LogP contribution in [0.3, 0.4) is 0 Å². The Bertz CT molecular complexity index is 864. The number of benzene rings is 1. The molecule has 26 heavy (non-hydrogen) atoms. The number of hydrogen-bond donors (Lipinski definition) is 1. The molecule has 136 valence electrons. The number of carbonyl (C=O) groups is 2. The van der Waals surface area contributed by atoms with Crippen LogP contribution >= 0.6 is 22.9 Å². The Morgan fingerprint density at radius 1 is 1.27 bits per heavy atom. The number of carbonyl (C=O) groups excluding carboxylic acids is 2. The lowest BCUT2D eigenvalue weighted by molar-refractivity contribution is -0.122. The van der Waals surface area contributed by atoms with Crippen LogP contribution in [0.1, 0.15) is 34.8 Å². The van der Waals surface area contributed by atoms with Crippen molar-refractivity contribution in [3.05, 3.63) is 40.0 Å². The van der Waals surface area contributed by atoms with Crippen LogP contribution in [0.25, 0.3) is 10.4 Å². The van der Waals surface area contributed by atoms with Gasteiger partial charge in [0.25, 0.3) is 5.91 Å². The molecule has 7 heteroatoms. The van der Waals surface area contributed by atoms with Crippen molar-refractivity contribution in [3.63, 3.8) is 0 Å². The van der Waals surface area contributed by atoms with Crippen LogP contribution in [0.15, 0.2) is 24.3 Å². The molecule has 1 aromatic heterocycles. The van der Waals surface area contributed by atoms with Crippen molar-refractivity contribution in [2.24, 2.45) is 17.6 Å². The molecule has 0 spiro atoms. The summed E-state index contributed by atoms with van der Waals surface area (Å²) in [6.45, 7) is 2.47. The molecule has 5 nitrogen and oxygen atoms in total. The maximum atomic E-state index is 13.3. The molecule has 2 N–H and O–H groups in total. The first-order valence-corrected chi connectivity index (χ1v) is 9.99. The molecule has 2 amide bonds. The number of hydrogen-bond acceptors (Lipinski definition) is 4. The average molecular weight is 390 g/mol. The van der Waals surface area contributed by atoms with Gasteiger partial charge in [-0.25, -0.2) is 4.98 Å². The molecule has 2 aliphatic rings. The number of primary amides is 1. The zero-order valence-corrected chi connectivity index (χ0v) is 16.0. The Labute approximate surface area is 161 Å². The zero-order chi connectivity index (χ0) is 18.4. The van der Waals surface area contributed by atoms with E-state index in [9.17, 15) is 9.59 Å². The number of aryl methyl sites for hydroxylation is 1. The molecule has 4 rings (SSSR count). The van der Waals surface area contributed by atoms with Crippen molar-refractivity contribution < 1.29 is 9.59 Å². The highest BCUT2D eigenvalue weighted by atomic mass is 35.5. The summed E-state index contributed by atoms with van der Waals surface area (Å²) in [7, 11) is 0. The van der Waals surface area contributed by atoms with E-state index in [2.05, 4.69) is 4.98 Å². The standard InChI is InChI=1S/C19H20ClN3O2S/c1-10-22-15(17(26-10)11-5-7-13(20)8-6-11)19(25)23-9-12-3-2-4-14(12)16(23)18(21)24/h5-8,12,14,16H,2-4,9H2,1H3,(H2,21,24)/t12-,14-,16-/m0/s1. The Kier molecular flexibility index (Phi) is 4.49. The topological polar surface area (TPSA) is 76.3 Å². The molecule has 1 saturated carbocycles. The first-order valence-electron chi connectivity index (χ1n) is 8.79. The molecule has 2 aromatic rings. The van der Waals surface area contributed by atoms with Crippen molar-refractivity contribution in [3.8, 4) is 10.4 Å². The Balaban J connectivity index is 1.70. The number of thiazole rings is 1. The van der Waals surface area contributed by atoms with Crippen LogP contribution in [0.2, 0.25) is 5.02 Å². The van der Waals surface area contributed by atoms with E-state index in [1.165, 1.54) is 11.3 Å². The molecule has 1 aliphatic carbocycles. The summed E-state index contributed by atoms with van der Waals surface area (Å²) in [6, 6.07) is 6.85. The molecule has 1 aromatic carbocycles. The SMILES string of the molecule is Cc1nc(C(=O)N2C[C@@H]3CCC[C@@H]3[C@H]2C(N)=O)c(-c2ccc(Cl)cc2)s1. The minimum atomic E-state index is -0.518. The zero-order valence-electron chi connectivity index (χ0n) is 14.4. The minimum absolute atomic E-state index is 0.190. The number of likely N-dealkylation sites (tertiary alicyclic amines) is 1. The van der Waals surface area contributed by atoms with Gasteiger partial charge in [0.2, 0.25) is 5.91 Å². The number of amides is 2. The molecule has 3 atom stereocenters. The number of rotatable bonds is 3. The molecular formula is C19H20ClN3O2S. The van der Waals surface area contributed by atoms with Gasteiger partial charge in [0, 0.05) is 11.6 Å². The van der Waals surface area contributed by atoms with E-state index in [0.717, 1.165) is 34.7 Å². The van der Waals surface area contributed by atoms with E-state index < -0.39 is 11.9 Å². The van der Waals surface area contributed by atoms with Crippen molar-refractivity contribution in [2.75, 3.05) is 6.54 Å². The van der Waals surface area contributed by atoms with Gasteiger partial charge in [-0.15, -0.1) is 11.3 Å². The highest BCUT2D eigenvalue weighted by Crippen LogP contribution is 2.43. The molecule has 0 bridgehead atoms. The maximum Gasteiger partial charge on any atom is 0.274 e. The van der Waals surface area contributed by atoms with Gasteiger partial charge in [-0.2, -0.15) is 0 Å². The quantitative estimate of drug-likeness (QED) is 0.872. The fourth-order valence-electron chi connectivity index (χ4n) is 4.38. The van der Waals surface area contributed by atoms with Crippen LogP contribution < -0.4 is 5.73 Å². The highest BCUT2D eigenvalue weighted by Gasteiger charge is 2.49. The normalized spacial score (nSPS) is 24.7. The summed E-state index contributed by atoms with van der Waals surface area (Å²) in [5.74, 6) is -0.0458. The van der Waals surface area contributed by atoms with E-state index in [1.807, 2.05) is 19.1 Å². The van der Waals surface area contributed by atoms with Gasteiger partial charge in [-0.05, 0) is 49.3 Å². The molecule has 0 unspecified atom stereocenters. The van der Waals surface area contributed by atoms with Crippen LogP contribution in [-0.2, 0) is 4.79 Å². The highest BCUT2D eigenvalue weighted by molar-refractivity contribution is 7.15. The third-order valence-electron chi connectivity index (χ3n) is 5.49. The molecule has 1 aliphatic heterocycles. The summed E-state index contributed by atoms with van der Waals surface area (Å²) < 4.78 is 0. The van der Waals surface area contributed by atoms with E-state index in [1.54, 1.807) is 17.0 Å². The average Bonchev–Trinajstić information content (AvgIpc) is 3.28. The summed E-state index contributed by atoms with van der Waals surface area (Å²) >= 11 is 7.45. The first-order chi connectivity index (χ1) is 12.5. The van der Waals surface area contributed by atoms with E-state index >= 15 is 0 Å². The monoisotopic (exact) mass is 389 g/mol.